The Kier molecular flexibility index (Phi) is 3.83. The van der Waals surface area contributed by atoms with Gasteiger partial charge >= 0.3 is 0 Å². The molecule has 116 valence electrons. The maximum absolute atomic E-state index is 11.7. The van der Waals surface area contributed by atoms with Crippen LogP contribution in [0.3, 0.4) is 0 Å². The Balaban J connectivity index is 1.93. The van der Waals surface area contributed by atoms with E-state index in [1.807, 2.05) is 31.2 Å². The minimum atomic E-state index is -0.258. The molecule has 1 aliphatic rings. The zero-order valence-electron chi connectivity index (χ0n) is 12.9. The summed E-state index contributed by atoms with van der Waals surface area (Å²) in [6.45, 7) is 4.79. The Morgan fingerprint density at radius 2 is 2.23 bits per heavy atom. The van der Waals surface area contributed by atoms with Gasteiger partial charge in [-0.1, -0.05) is 25.1 Å². The van der Waals surface area contributed by atoms with E-state index in [1.165, 1.54) is 0 Å². The zero-order valence-corrected chi connectivity index (χ0v) is 12.9. The smallest absolute Gasteiger partial charge is 0.225 e. The number of primary amides is 1. The first-order chi connectivity index (χ1) is 10.6. The van der Waals surface area contributed by atoms with Crippen LogP contribution < -0.4 is 10.6 Å². The third-order valence-corrected chi connectivity index (χ3v) is 4.29. The number of carbonyl (C=O) groups is 1. The van der Waals surface area contributed by atoms with Crippen LogP contribution in [0, 0.1) is 0 Å². The first-order valence-corrected chi connectivity index (χ1v) is 7.65. The molecule has 1 aliphatic heterocycles. The van der Waals surface area contributed by atoms with Crippen LogP contribution in [0.25, 0.3) is 0 Å². The largest absolute Gasteiger partial charge is 0.369 e. The first kappa shape index (κ1) is 14.6. The van der Waals surface area contributed by atoms with E-state index in [2.05, 4.69) is 27.0 Å². The van der Waals surface area contributed by atoms with Gasteiger partial charge in [0.2, 0.25) is 5.91 Å². The van der Waals surface area contributed by atoms with Crippen LogP contribution in [0.4, 0.5) is 5.69 Å². The topological polar surface area (TPSA) is 87.9 Å². The number of nitrogens with one attached hydrogen (secondary N) is 1. The number of aromatic nitrogens is 3. The molecule has 0 bridgehead atoms. The van der Waals surface area contributed by atoms with Gasteiger partial charge in [0.25, 0.3) is 0 Å². The van der Waals surface area contributed by atoms with Gasteiger partial charge in [-0.3, -0.25) is 9.89 Å². The van der Waals surface area contributed by atoms with Crippen LogP contribution in [-0.4, -0.2) is 27.1 Å². The van der Waals surface area contributed by atoms with Gasteiger partial charge in [0.05, 0.1) is 12.5 Å². The number of H-pyrrole nitrogens is 1. The van der Waals surface area contributed by atoms with E-state index in [9.17, 15) is 4.79 Å². The van der Waals surface area contributed by atoms with Crippen LogP contribution >= 0.6 is 0 Å². The second-order valence-corrected chi connectivity index (χ2v) is 5.78. The highest BCUT2D eigenvalue weighted by atomic mass is 16.1. The van der Waals surface area contributed by atoms with Crippen LogP contribution in [-0.2, 0) is 17.8 Å². The van der Waals surface area contributed by atoms with Crippen molar-refractivity contribution in [2.75, 3.05) is 4.90 Å². The number of para-hydroxylation sites is 1. The minimum Gasteiger partial charge on any atom is -0.369 e. The van der Waals surface area contributed by atoms with E-state index >= 15 is 0 Å². The summed E-state index contributed by atoms with van der Waals surface area (Å²) in [6.07, 6.45) is 1.54. The number of amides is 1. The molecule has 2 heterocycles. The van der Waals surface area contributed by atoms with Crippen molar-refractivity contribution >= 4 is 11.6 Å². The van der Waals surface area contributed by atoms with E-state index in [0.717, 1.165) is 35.7 Å². The van der Waals surface area contributed by atoms with Gasteiger partial charge in [-0.25, -0.2) is 4.98 Å². The molecular formula is C16H21N5O. The summed E-state index contributed by atoms with van der Waals surface area (Å²) in [6, 6.07) is 8.17. The van der Waals surface area contributed by atoms with Crippen molar-refractivity contribution in [3.63, 3.8) is 0 Å². The molecule has 1 aromatic heterocycles. The molecule has 0 aliphatic carbocycles. The molecule has 3 rings (SSSR count). The summed E-state index contributed by atoms with van der Waals surface area (Å²) in [4.78, 5) is 18.5. The first-order valence-electron chi connectivity index (χ1n) is 7.65. The Morgan fingerprint density at radius 1 is 1.45 bits per heavy atom. The standard InChI is InChI=1S/C16H21N5O/c1-3-14-18-15(20-19-14)9-21-10(2)8-12(16(17)22)11-6-4-5-7-13(11)21/h4-7,10,12H,3,8-9H2,1-2H3,(H2,17,22)(H,18,19,20). The molecule has 6 heteroatoms. The van der Waals surface area contributed by atoms with E-state index < -0.39 is 0 Å². The average Bonchev–Trinajstić information content (AvgIpc) is 2.97. The number of hydrogen-bond acceptors (Lipinski definition) is 4. The number of fused-ring (bicyclic) bond motifs is 1. The fourth-order valence-corrected chi connectivity index (χ4v) is 3.11. The molecular weight excluding hydrogens is 278 g/mol. The number of nitrogens with two attached hydrogens (primary N) is 1. The highest BCUT2D eigenvalue weighted by Crippen LogP contribution is 2.38. The molecule has 3 N–H and O–H groups in total. The van der Waals surface area contributed by atoms with Gasteiger partial charge in [0.15, 0.2) is 5.82 Å². The number of rotatable bonds is 4. The van der Waals surface area contributed by atoms with E-state index in [1.54, 1.807) is 0 Å². The molecule has 2 unspecified atom stereocenters. The fourth-order valence-electron chi connectivity index (χ4n) is 3.11. The second-order valence-electron chi connectivity index (χ2n) is 5.78. The Hall–Kier alpha value is -2.37. The third kappa shape index (κ3) is 2.56. The predicted octanol–water partition coefficient (Wildman–Crippen LogP) is 1.73. The van der Waals surface area contributed by atoms with Crippen molar-refractivity contribution in [1.29, 1.82) is 0 Å². The van der Waals surface area contributed by atoms with E-state index in [0.29, 0.717) is 6.54 Å². The lowest BCUT2D eigenvalue weighted by Gasteiger charge is -2.39. The summed E-state index contributed by atoms with van der Waals surface area (Å²) < 4.78 is 0. The molecule has 2 atom stereocenters. The summed E-state index contributed by atoms with van der Waals surface area (Å²) in [5.74, 6) is 1.19. The molecule has 6 nitrogen and oxygen atoms in total. The highest BCUT2D eigenvalue weighted by molar-refractivity contribution is 5.85. The minimum absolute atomic E-state index is 0.211. The molecule has 0 saturated heterocycles. The Morgan fingerprint density at radius 3 is 2.91 bits per heavy atom. The van der Waals surface area contributed by atoms with Gasteiger partial charge in [0, 0.05) is 18.2 Å². The Labute approximate surface area is 129 Å². The van der Waals surface area contributed by atoms with E-state index in [-0.39, 0.29) is 17.9 Å². The Bertz CT molecular complexity index is 681. The average molecular weight is 299 g/mol. The van der Waals surface area contributed by atoms with Crippen LogP contribution in [0.5, 0.6) is 0 Å². The van der Waals surface area contributed by atoms with Crippen LogP contribution in [0.2, 0.25) is 0 Å². The lowest BCUT2D eigenvalue weighted by molar-refractivity contribution is -0.119. The van der Waals surface area contributed by atoms with Crippen molar-refractivity contribution in [1.82, 2.24) is 15.2 Å². The molecule has 0 radical (unpaired) electrons. The molecule has 2 aromatic rings. The van der Waals surface area contributed by atoms with Crippen LogP contribution in [0.15, 0.2) is 24.3 Å². The predicted molar refractivity (Wildman–Crippen MR) is 84.4 cm³/mol. The van der Waals surface area contributed by atoms with Gasteiger partial charge < -0.3 is 10.6 Å². The molecule has 1 aromatic carbocycles. The zero-order chi connectivity index (χ0) is 15.7. The third-order valence-electron chi connectivity index (χ3n) is 4.29. The summed E-state index contributed by atoms with van der Waals surface area (Å²) in [5, 5.41) is 7.18. The number of carbonyl (C=O) groups excluding carboxylic acids is 1. The highest BCUT2D eigenvalue weighted by Gasteiger charge is 2.33. The molecule has 22 heavy (non-hydrogen) atoms. The van der Waals surface area contributed by atoms with Crippen molar-refractivity contribution in [2.45, 2.75) is 45.2 Å². The van der Waals surface area contributed by atoms with Crippen molar-refractivity contribution in [3.05, 3.63) is 41.5 Å². The van der Waals surface area contributed by atoms with Crippen molar-refractivity contribution in [2.24, 2.45) is 5.73 Å². The maximum atomic E-state index is 11.7. The SMILES string of the molecule is CCc1n[nH]c(CN2c3ccccc3C(C(N)=O)CC2C)n1. The van der Waals surface area contributed by atoms with Gasteiger partial charge in [-0.15, -0.1) is 0 Å². The molecule has 1 amide bonds. The normalized spacial score (nSPS) is 20.7. The van der Waals surface area contributed by atoms with Crippen molar-refractivity contribution in [3.8, 4) is 0 Å². The number of aryl methyl sites for hydroxylation is 1. The second kappa shape index (κ2) is 5.79. The molecule has 0 fully saturated rings. The van der Waals surface area contributed by atoms with Crippen molar-refractivity contribution < 1.29 is 4.79 Å². The fraction of sp³-hybridized carbons (Fsp3) is 0.438. The number of aromatic amines is 1. The summed E-state index contributed by atoms with van der Waals surface area (Å²) >= 11 is 0. The van der Waals surface area contributed by atoms with Crippen LogP contribution in [0.1, 0.15) is 43.4 Å². The lowest BCUT2D eigenvalue weighted by atomic mass is 9.85. The quantitative estimate of drug-likeness (QED) is 0.900. The molecule has 0 spiro atoms. The maximum Gasteiger partial charge on any atom is 0.225 e. The summed E-state index contributed by atoms with van der Waals surface area (Å²) in [5.41, 5.74) is 7.64. The number of hydrogen-bond donors (Lipinski definition) is 2. The lowest BCUT2D eigenvalue weighted by Crippen LogP contribution is -2.41. The van der Waals surface area contributed by atoms with Gasteiger partial charge in [-0.05, 0) is 25.0 Å². The summed E-state index contributed by atoms with van der Waals surface area (Å²) in [7, 11) is 0. The monoisotopic (exact) mass is 299 g/mol. The van der Waals surface area contributed by atoms with Gasteiger partial charge in [-0.2, -0.15) is 5.10 Å². The van der Waals surface area contributed by atoms with E-state index in [4.69, 9.17) is 5.73 Å². The molecule has 0 saturated carbocycles. The van der Waals surface area contributed by atoms with Gasteiger partial charge in [0.1, 0.15) is 5.82 Å². The number of benzene rings is 1. The number of anilines is 1. The number of nitrogens with zero attached hydrogens (tertiary/aromatic N) is 3.